The molecule has 14 rings (SSSR count). The van der Waals surface area contributed by atoms with Crippen LogP contribution in [0, 0.1) is 0 Å². The van der Waals surface area contributed by atoms with Gasteiger partial charge in [0, 0.05) is 38.2 Å². The predicted molar refractivity (Wildman–Crippen MR) is 283 cm³/mol. The van der Waals surface area contributed by atoms with Gasteiger partial charge < -0.3 is 4.57 Å². The van der Waals surface area contributed by atoms with Gasteiger partial charge in [-0.2, -0.15) is 9.97 Å². The lowest BCUT2D eigenvalue weighted by molar-refractivity contribution is 0.955. The molecule has 3 aromatic heterocycles. The Balaban J connectivity index is 1.08. The second-order valence-electron chi connectivity index (χ2n) is 17.5. The highest BCUT2D eigenvalue weighted by Crippen LogP contribution is 2.45. The molecule has 316 valence electrons. The van der Waals surface area contributed by atoms with Crippen LogP contribution in [0.3, 0.4) is 0 Å². The zero-order valence-corrected chi connectivity index (χ0v) is 36.8. The SMILES string of the molecule is c1ccc(-c2ccc(-n3c4ccccc4c4c3ccc3c5ccccc5n(-c5nc(-c6ccccc6)nc(-c6ccccc6)n5)c34)c(-c3ccc4c5ccccc5c5ccccc5c4c3)c2)cc1. The van der Waals surface area contributed by atoms with Crippen LogP contribution in [0.5, 0.6) is 0 Å². The summed E-state index contributed by atoms with van der Waals surface area (Å²) >= 11 is 0. The largest absolute Gasteiger partial charge is 0.309 e. The molecule has 0 fully saturated rings. The maximum Gasteiger partial charge on any atom is 0.238 e. The molecule has 0 amide bonds. The topological polar surface area (TPSA) is 48.5 Å². The number of hydrogen-bond acceptors (Lipinski definition) is 3. The molecule has 3 heterocycles. The van der Waals surface area contributed by atoms with Crippen molar-refractivity contribution in [1.29, 1.82) is 0 Å². The second kappa shape index (κ2) is 15.2. The zero-order valence-electron chi connectivity index (χ0n) is 36.8. The van der Waals surface area contributed by atoms with Gasteiger partial charge in [-0.25, -0.2) is 4.98 Å². The Bertz CT molecular complexity index is 4210. The van der Waals surface area contributed by atoms with Crippen LogP contribution in [0.2, 0.25) is 0 Å². The molecular formula is C63H39N5. The zero-order chi connectivity index (χ0) is 44.7. The van der Waals surface area contributed by atoms with Crippen molar-refractivity contribution in [3.05, 3.63) is 237 Å². The molecular weight excluding hydrogens is 827 g/mol. The molecule has 0 saturated heterocycles. The number of aromatic nitrogens is 5. The van der Waals surface area contributed by atoms with Gasteiger partial charge in [-0.1, -0.05) is 200 Å². The summed E-state index contributed by atoms with van der Waals surface area (Å²) in [6.07, 6.45) is 0. The molecule has 0 radical (unpaired) electrons. The molecule has 0 unspecified atom stereocenters. The first-order valence-corrected chi connectivity index (χ1v) is 23.1. The molecule has 0 saturated carbocycles. The lowest BCUT2D eigenvalue weighted by Gasteiger charge is -2.18. The van der Waals surface area contributed by atoms with Crippen LogP contribution < -0.4 is 0 Å². The van der Waals surface area contributed by atoms with E-state index in [1.54, 1.807) is 0 Å². The Hall–Kier alpha value is -9.19. The van der Waals surface area contributed by atoms with Crippen LogP contribution in [-0.2, 0) is 0 Å². The number of para-hydroxylation sites is 2. The van der Waals surface area contributed by atoms with Crippen molar-refractivity contribution in [3.8, 4) is 56.7 Å². The summed E-state index contributed by atoms with van der Waals surface area (Å²) in [6, 6.07) is 84.8. The molecule has 0 bridgehead atoms. The van der Waals surface area contributed by atoms with Crippen LogP contribution in [0.25, 0.3) is 133 Å². The highest BCUT2D eigenvalue weighted by molar-refractivity contribution is 6.27. The first-order chi connectivity index (χ1) is 33.7. The third kappa shape index (κ3) is 5.86. The van der Waals surface area contributed by atoms with Crippen LogP contribution in [0.4, 0.5) is 0 Å². The van der Waals surface area contributed by atoms with Crippen LogP contribution >= 0.6 is 0 Å². The Morgan fingerprint density at radius 3 is 1.35 bits per heavy atom. The Kier molecular flexibility index (Phi) is 8.52. The van der Waals surface area contributed by atoms with Gasteiger partial charge in [0.2, 0.25) is 5.95 Å². The molecule has 14 aromatic rings. The fourth-order valence-corrected chi connectivity index (χ4v) is 10.7. The monoisotopic (exact) mass is 865 g/mol. The van der Waals surface area contributed by atoms with Gasteiger partial charge in [0.05, 0.1) is 27.8 Å². The summed E-state index contributed by atoms with van der Waals surface area (Å²) < 4.78 is 4.74. The summed E-state index contributed by atoms with van der Waals surface area (Å²) in [5.41, 5.74) is 11.9. The van der Waals surface area contributed by atoms with Crippen LogP contribution in [-0.4, -0.2) is 24.1 Å². The molecule has 0 spiro atoms. The normalized spacial score (nSPS) is 11.8. The van der Waals surface area contributed by atoms with E-state index in [1.807, 2.05) is 36.4 Å². The van der Waals surface area contributed by atoms with Crippen molar-refractivity contribution in [3.63, 3.8) is 0 Å². The van der Waals surface area contributed by atoms with E-state index in [0.717, 1.165) is 77.1 Å². The lowest BCUT2D eigenvalue weighted by Crippen LogP contribution is -2.06. The molecule has 5 nitrogen and oxygen atoms in total. The fourth-order valence-electron chi connectivity index (χ4n) is 10.7. The van der Waals surface area contributed by atoms with E-state index < -0.39 is 0 Å². The van der Waals surface area contributed by atoms with E-state index in [2.05, 4.69) is 209 Å². The van der Waals surface area contributed by atoms with E-state index in [9.17, 15) is 0 Å². The smallest absolute Gasteiger partial charge is 0.238 e. The summed E-state index contributed by atoms with van der Waals surface area (Å²) in [4.78, 5) is 15.7. The van der Waals surface area contributed by atoms with Crippen molar-refractivity contribution in [2.45, 2.75) is 0 Å². The van der Waals surface area contributed by atoms with Gasteiger partial charge in [0.25, 0.3) is 0 Å². The average molecular weight is 866 g/mol. The summed E-state index contributed by atoms with van der Waals surface area (Å²) in [6.45, 7) is 0. The maximum atomic E-state index is 5.32. The van der Waals surface area contributed by atoms with Gasteiger partial charge in [-0.15, -0.1) is 0 Å². The van der Waals surface area contributed by atoms with Gasteiger partial charge in [-0.3, -0.25) is 4.57 Å². The molecule has 0 aliphatic heterocycles. The average Bonchev–Trinajstić information content (AvgIpc) is 3.94. The minimum absolute atomic E-state index is 0.567. The molecule has 11 aromatic carbocycles. The van der Waals surface area contributed by atoms with Gasteiger partial charge in [0.15, 0.2) is 11.6 Å². The molecule has 0 aliphatic carbocycles. The number of hydrogen-bond donors (Lipinski definition) is 0. The quantitative estimate of drug-likeness (QED) is 0.156. The van der Waals surface area contributed by atoms with Crippen molar-refractivity contribution in [2.24, 2.45) is 0 Å². The molecule has 68 heavy (non-hydrogen) atoms. The van der Waals surface area contributed by atoms with E-state index in [4.69, 9.17) is 15.0 Å². The van der Waals surface area contributed by atoms with Crippen molar-refractivity contribution < 1.29 is 0 Å². The first-order valence-electron chi connectivity index (χ1n) is 23.1. The van der Waals surface area contributed by atoms with Crippen molar-refractivity contribution in [1.82, 2.24) is 24.1 Å². The second-order valence-corrected chi connectivity index (χ2v) is 17.5. The van der Waals surface area contributed by atoms with E-state index in [1.165, 1.54) is 37.9 Å². The fraction of sp³-hybridized carbons (Fsp3) is 0. The highest BCUT2D eigenvalue weighted by atomic mass is 15.2. The Morgan fingerprint density at radius 1 is 0.265 bits per heavy atom. The Morgan fingerprint density at radius 2 is 0.735 bits per heavy atom. The highest BCUT2D eigenvalue weighted by Gasteiger charge is 2.24. The molecule has 0 aliphatic rings. The minimum Gasteiger partial charge on any atom is -0.309 e. The number of benzene rings is 11. The van der Waals surface area contributed by atoms with E-state index >= 15 is 0 Å². The summed E-state index contributed by atoms with van der Waals surface area (Å²) in [7, 11) is 0. The van der Waals surface area contributed by atoms with E-state index in [-0.39, 0.29) is 0 Å². The Labute approximate surface area is 391 Å². The van der Waals surface area contributed by atoms with Crippen molar-refractivity contribution in [2.75, 3.05) is 0 Å². The van der Waals surface area contributed by atoms with Crippen LogP contribution in [0.15, 0.2) is 237 Å². The number of fused-ring (bicyclic) bond motifs is 13. The minimum atomic E-state index is 0.567. The van der Waals surface area contributed by atoms with E-state index in [0.29, 0.717) is 17.6 Å². The van der Waals surface area contributed by atoms with Gasteiger partial charge in [-0.05, 0) is 85.4 Å². The maximum absolute atomic E-state index is 5.32. The number of rotatable bonds is 6. The summed E-state index contributed by atoms with van der Waals surface area (Å²) in [5, 5.41) is 12.1. The molecule has 0 N–H and O–H groups in total. The predicted octanol–water partition coefficient (Wildman–Crippen LogP) is 16.2. The molecule has 0 atom stereocenters. The van der Waals surface area contributed by atoms with Crippen molar-refractivity contribution >= 4 is 75.9 Å². The first kappa shape index (κ1) is 38.1. The van der Waals surface area contributed by atoms with Gasteiger partial charge in [0.1, 0.15) is 0 Å². The number of nitrogens with zero attached hydrogens (tertiary/aromatic N) is 5. The third-order valence-corrected chi connectivity index (χ3v) is 13.8. The molecule has 5 heteroatoms. The van der Waals surface area contributed by atoms with Gasteiger partial charge >= 0.3 is 0 Å². The third-order valence-electron chi connectivity index (χ3n) is 13.8. The summed E-state index contributed by atoms with van der Waals surface area (Å²) in [5.74, 6) is 1.81. The lowest BCUT2D eigenvalue weighted by atomic mass is 9.91. The van der Waals surface area contributed by atoms with Crippen LogP contribution in [0.1, 0.15) is 0 Å². The standard InChI is InChI=1S/C63H39N5/c1-4-18-40(19-5-1)43-33-36-57(53(38-43)44-32-34-49-47-26-11-10-24-45(47)46-25-12-13-27-48(46)54(49)39-44)67-56-31-17-15-29-52(56)59-58(67)37-35-51-50-28-14-16-30-55(50)68(60(51)59)63-65-61(41-20-6-2-7-21-41)64-62(66-63)42-22-8-3-9-23-42/h1-39H.